The summed E-state index contributed by atoms with van der Waals surface area (Å²) in [6.45, 7) is 1.29. The molecular formula is C12H17N3O2. The number of pyridine rings is 1. The highest BCUT2D eigenvalue weighted by molar-refractivity contribution is 5.92. The van der Waals surface area contributed by atoms with Crippen molar-refractivity contribution in [3.8, 4) is 0 Å². The Balaban J connectivity index is 1.92. The van der Waals surface area contributed by atoms with E-state index in [-0.39, 0.29) is 16.9 Å². The van der Waals surface area contributed by atoms with Crippen molar-refractivity contribution in [2.24, 2.45) is 11.1 Å². The van der Waals surface area contributed by atoms with Gasteiger partial charge in [-0.15, -0.1) is 0 Å². The van der Waals surface area contributed by atoms with Crippen LogP contribution in [0.15, 0.2) is 23.0 Å². The van der Waals surface area contributed by atoms with Gasteiger partial charge in [0.1, 0.15) is 5.69 Å². The Bertz CT molecular complexity index is 463. The van der Waals surface area contributed by atoms with E-state index in [0.29, 0.717) is 18.8 Å². The predicted molar refractivity (Wildman–Crippen MR) is 64.7 cm³/mol. The molecule has 1 aromatic heterocycles. The van der Waals surface area contributed by atoms with Crippen LogP contribution in [0.5, 0.6) is 0 Å². The zero-order valence-corrected chi connectivity index (χ0v) is 9.66. The first kappa shape index (κ1) is 11.9. The fourth-order valence-electron chi connectivity index (χ4n) is 1.94. The van der Waals surface area contributed by atoms with Gasteiger partial charge in [0.15, 0.2) is 0 Å². The fourth-order valence-corrected chi connectivity index (χ4v) is 1.94. The highest BCUT2D eigenvalue weighted by Gasteiger charge is 2.41. The molecule has 1 aliphatic carbocycles. The van der Waals surface area contributed by atoms with Crippen molar-refractivity contribution in [2.45, 2.75) is 19.3 Å². The molecule has 1 heterocycles. The molecule has 1 aliphatic rings. The Hall–Kier alpha value is -1.62. The van der Waals surface area contributed by atoms with Gasteiger partial charge >= 0.3 is 0 Å². The molecule has 92 valence electrons. The molecule has 0 saturated heterocycles. The molecule has 0 radical (unpaired) electrons. The molecule has 0 unspecified atom stereocenters. The van der Waals surface area contributed by atoms with Crippen LogP contribution >= 0.6 is 0 Å². The van der Waals surface area contributed by atoms with E-state index in [9.17, 15) is 9.59 Å². The Labute approximate surface area is 99.4 Å². The number of aromatic amines is 1. The SMILES string of the molecule is NCCC1(CNC(=O)c2cccc(=O)[nH]2)CC1. The van der Waals surface area contributed by atoms with Crippen LogP contribution in [0.4, 0.5) is 0 Å². The van der Waals surface area contributed by atoms with Gasteiger partial charge in [-0.25, -0.2) is 0 Å². The zero-order chi connectivity index (χ0) is 12.3. The summed E-state index contributed by atoms with van der Waals surface area (Å²) >= 11 is 0. The normalized spacial score (nSPS) is 16.5. The topological polar surface area (TPSA) is 88.0 Å². The second kappa shape index (κ2) is 4.71. The summed E-state index contributed by atoms with van der Waals surface area (Å²) in [7, 11) is 0. The van der Waals surface area contributed by atoms with Gasteiger partial charge in [-0.05, 0) is 37.3 Å². The maximum atomic E-state index is 11.8. The Morgan fingerprint density at radius 1 is 1.47 bits per heavy atom. The first-order chi connectivity index (χ1) is 8.15. The number of carbonyl (C=O) groups excluding carboxylic acids is 1. The largest absolute Gasteiger partial charge is 0.350 e. The third-order valence-electron chi connectivity index (χ3n) is 3.27. The van der Waals surface area contributed by atoms with Gasteiger partial charge in [0, 0.05) is 12.6 Å². The van der Waals surface area contributed by atoms with E-state index >= 15 is 0 Å². The standard InChI is InChI=1S/C12H17N3O2/c13-7-6-12(4-5-12)8-14-11(17)9-2-1-3-10(16)15-9/h1-3H,4-8,13H2,(H,14,17)(H,15,16). The molecule has 1 fully saturated rings. The summed E-state index contributed by atoms with van der Waals surface area (Å²) in [5, 5.41) is 2.85. The molecule has 4 N–H and O–H groups in total. The highest BCUT2D eigenvalue weighted by atomic mass is 16.2. The van der Waals surface area contributed by atoms with Crippen LogP contribution in [-0.2, 0) is 0 Å². The number of carbonyl (C=O) groups is 1. The number of nitrogens with one attached hydrogen (secondary N) is 2. The summed E-state index contributed by atoms with van der Waals surface area (Å²) in [5.74, 6) is -0.231. The van der Waals surface area contributed by atoms with E-state index in [2.05, 4.69) is 10.3 Å². The van der Waals surface area contributed by atoms with Crippen molar-refractivity contribution < 1.29 is 4.79 Å². The molecule has 0 spiro atoms. The highest BCUT2D eigenvalue weighted by Crippen LogP contribution is 2.47. The predicted octanol–water partition coefficient (Wildman–Crippen LogP) is 0.234. The lowest BCUT2D eigenvalue weighted by atomic mass is 10.0. The van der Waals surface area contributed by atoms with E-state index in [1.807, 2.05) is 0 Å². The average Bonchev–Trinajstić information content (AvgIpc) is 3.07. The summed E-state index contributed by atoms with van der Waals surface area (Å²) in [4.78, 5) is 25.3. The number of rotatable bonds is 5. The first-order valence-electron chi connectivity index (χ1n) is 5.83. The van der Waals surface area contributed by atoms with Gasteiger partial charge in [-0.3, -0.25) is 9.59 Å². The van der Waals surface area contributed by atoms with E-state index in [1.165, 1.54) is 6.07 Å². The van der Waals surface area contributed by atoms with Crippen LogP contribution in [0.2, 0.25) is 0 Å². The van der Waals surface area contributed by atoms with Crippen molar-refractivity contribution >= 4 is 5.91 Å². The number of hydrogen-bond donors (Lipinski definition) is 3. The van der Waals surface area contributed by atoms with Crippen molar-refractivity contribution in [3.63, 3.8) is 0 Å². The van der Waals surface area contributed by atoms with Crippen LogP contribution in [-0.4, -0.2) is 24.0 Å². The van der Waals surface area contributed by atoms with Gasteiger partial charge in [0.25, 0.3) is 5.91 Å². The molecule has 0 aromatic carbocycles. The summed E-state index contributed by atoms with van der Waals surface area (Å²) in [6, 6.07) is 4.55. The van der Waals surface area contributed by atoms with E-state index in [4.69, 9.17) is 5.73 Å². The van der Waals surface area contributed by atoms with Crippen LogP contribution in [0.1, 0.15) is 29.8 Å². The van der Waals surface area contributed by atoms with Gasteiger partial charge in [-0.2, -0.15) is 0 Å². The monoisotopic (exact) mass is 235 g/mol. The van der Waals surface area contributed by atoms with Crippen molar-refractivity contribution in [2.75, 3.05) is 13.1 Å². The number of nitrogens with two attached hydrogens (primary N) is 1. The number of aromatic nitrogens is 1. The summed E-state index contributed by atoms with van der Waals surface area (Å²) in [6.07, 6.45) is 3.18. The van der Waals surface area contributed by atoms with Crippen LogP contribution in [0.25, 0.3) is 0 Å². The van der Waals surface area contributed by atoms with Crippen LogP contribution in [0.3, 0.4) is 0 Å². The lowest BCUT2D eigenvalue weighted by Gasteiger charge is -2.14. The minimum absolute atomic E-state index is 0.208. The first-order valence-corrected chi connectivity index (χ1v) is 5.83. The number of amides is 1. The van der Waals surface area contributed by atoms with Gasteiger partial charge in [-0.1, -0.05) is 6.07 Å². The quantitative estimate of drug-likeness (QED) is 0.682. The van der Waals surface area contributed by atoms with Gasteiger partial charge in [0.2, 0.25) is 5.56 Å². The lowest BCUT2D eigenvalue weighted by Crippen LogP contribution is -2.32. The van der Waals surface area contributed by atoms with Crippen LogP contribution < -0.4 is 16.6 Å². The maximum Gasteiger partial charge on any atom is 0.267 e. The second-order valence-electron chi connectivity index (χ2n) is 4.65. The fraction of sp³-hybridized carbons (Fsp3) is 0.500. The van der Waals surface area contributed by atoms with Gasteiger partial charge < -0.3 is 16.0 Å². The van der Waals surface area contributed by atoms with Gasteiger partial charge in [0.05, 0.1) is 0 Å². The minimum Gasteiger partial charge on any atom is -0.350 e. The minimum atomic E-state index is -0.263. The third-order valence-corrected chi connectivity index (χ3v) is 3.27. The molecule has 0 bridgehead atoms. The van der Waals surface area contributed by atoms with Crippen molar-refractivity contribution in [1.82, 2.24) is 10.3 Å². The zero-order valence-electron chi connectivity index (χ0n) is 9.66. The number of H-pyrrole nitrogens is 1. The third kappa shape index (κ3) is 2.94. The molecule has 0 atom stereocenters. The molecule has 1 amide bonds. The molecule has 17 heavy (non-hydrogen) atoms. The second-order valence-corrected chi connectivity index (χ2v) is 4.65. The molecule has 5 nitrogen and oxygen atoms in total. The molecule has 1 saturated carbocycles. The number of hydrogen-bond acceptors (Lipinski definition) is 3. The molecule has 5 heteroatoms. The molecular weight excluding hydrogens is 218 g/mol. The van der Waals surface area contributed by atoms with Crippen molar-refractivity contribution in [1.29, 1.82) is 0 Å². The Morgan fingerprint density at radius 2 is 2.24 bits per heavy atom. The molecule has 1 aromatic rings. The van der Waals surface area contributed by atoms with E-state index < -0.39 is 0 Å². The summed E-state index contributed by atoms with van der Waals surface area (Å²) < 4.78 is 0. The smallest absolute Gasteiger partial charge is 0.267 e. The van der Waals surface area contributed by atoms with E-state index in [0.717, 1.165) is 19.3 Å². The molecule has 0 aliphatic heterocycles. The lowest BCUT2D eigenvalue weighted by molar-refractivity contribution is 0.0939. The average molecular weight is 235 g/mol. The Kier molecular flexibility index (Phi) is 3.28. The maximum absolute atomic E-state index is 11.8. The molecule has 2 rings (SSSR count). The van der Waals surface area contributed by atoms with Crippen molar-refractivity contribution in [3.05, 3.63) is 34.2 Å². The Morgan fingerprint density at radius 3 is 2.82 bits per heavy atom. The van der Waals surface area contributed by atoms with E-state index in [1.54, 1.807) is 12.1 Å². The summed E-state index contributed by atoms with van der Waals surface area (Å²) in [5.41, 5.74) is 5.78. The van der Waals surface area contributed by atoms with Crippen LogP contribution in [0, 0.1) is 5.41 Å².